The quantitative estimate of drug-likeness (QED) is 0.748. The second kappa shape index (κ2) is 7.61. The molecule has 6 heteroatoms. The Morgan fingerprint density at radius 1 is 1.12 bits per heavy atom. The van der Waals surface area contributed by atoms with Gasteiger partial charge >= 0.3 is 0 Å². The Hall–Kier alpha value is -3.15. The molecule has 0 aliphatic rings. The van der Waals surface area contributed by atoms with Crippen molar-refractivity contribution in [1.82, 2.24) is 15.5 Å². The van der Waals surface area contributed by atoms with Crippen molar-refractivity contribution in [2.75, 3.05) is 6.61 Å². The lowest BCUT2D eigenvalue weighted by Crippen LogP contribution is -2.28. The smallest absolute Gasteiger partial charge is 0.258 e. The molecule has 0 saturated carbocycles. The number of carbonyl (C=O) groups excluding carboxylic acids is 1. The van der Waals surface area contributed by atoms with Crippen LogP contribution >= 0.6 is 0 Å². The SMILES string of the molecule is Cc1ccc(OCC(=O)NCc2nc(-c3ccccc3C)no2)cc1. The Labute approximate surface area is 145 Å². The summed E-state index contributed by atoms with van der Waals surface area (Å²) in [6, 6.07) is 15.3. The average molecular weight is 337 g/mol. The number of nitrogens with zero attached hydrogens (tertiary/aromatic N) is 2. The maximum Gasteiger partial charge on any atom is 0.258 e. The first-order valence-electron chi connectivity index (χ1n) is 7.96. The van der Waals surface area contributed by atoms with Crippen LogP contribution in [-0.2, 0) is 11.3 Å². The van der Waals surface area contributed by atoms with E-state index in [1.54, 1.807) is 0 Å². The molecule has 0 unspecified atom stereocenters. The molecule has 3 aromatic rings. The summed E-state index contributed by atoms with van der Waals surface area (Å²) < 4.78 is 10.6. The lowest BCUT2D eigenvalue weighted by molar-refractivity contribution is -0.123. The molecule has 1 N–H and O–H groups in total. The van der Waals surface area contributed by atoms with Crippen molar-refractivity contribution >= 4 is 5.91 Å². The number of rotatable bonds is 6. The normalized spacial score (nSPS) is 10.5. The first kappa shape index (κ1) is 16.7. The molecule has 0 spiro atoms. The number of amides is 1. The van der Waals surface area contributed by atoms with E-state index in [2.05, 4.69) is 15.5 Å². The molecule has 0 bridgehead atoms. The van der Waals surface area contributed by atoms with Crippen molar-refractivity contribution in [2.24, 2.45) is 0 Å². The molecule has 3 rings (SSSR count). The topological polar surface area (TPSA) is 77.2 Å². The van der Waals surface area contributed by atoms with Gasteiger partial charge in [0.1, 0.15) is 5.75 Å². The fraction of sp³-hybridized carbons (Fsp3) is 0.211. The van der Waals surface area contributed by atoms with Gasteiger partial charge in [0, 0.05) is 5.56 Å². The summed E-state index contributed by atoms with van der Waals surface area (Å²) in [7, 11) is 0. The number of aryl methyl sites for hydroxylation is 2. The molecule has 128 valence electrons. The highest BCUT2D eigenvalue weighted by atomic mass is 16.5. The summed E-state index contributed by atoms with van der Waals surface area (Å²) in [4.78, 5) is 16.2. The van der Waals surface area contributed by atoms with E-state index < -0.39 is 0 Å². The molecule has 25 heavy (non-hydrogen) atoms. The van der Waals surface area contributed by atoms with Crippen molar-refractivity contribution in [3.63, 3.8) is 0 Å². The Kier molecular flexibility index (Phi) is 5.09. The second-order valence-corrected chi connectivity index (χ2v) is 5.71. The molecule has 0 saturated heterocycles. The molecule has 0 aliphatic carbocycles. The van der Waals surface area contributed by atoms with E-state index in [1.807, 2.05) is 62.4 Å². The zero-order chi connectivity index (χ0) is 17.6. The van der Waals surface area contributed by atoms with Crippen LogP contribution < -0.4 is 10.1 Å². The van der Waals surface area contributed by atoms with Gasteiger partial charge in [-0.3, -0.25) is 4.79 Å². The lowest BCUT2D eigenvalue weighted by atomic mass is 10.1. The zero-order valence-corrected chi connectivity index (χ0v) is 14.2. The van der Waals surface area contributed by atoms with Crippen LogP contribution in [0.15, 0.2) is 53.1 Å². The van der Waals surface area contributed by atoms with Gasteiger partial charge in [-0.1, -0.05) is 47.1 Å². The number of benzene rings is 2. The highest BCUT2D eigenvalue weighted by Gasteiger charge is 2.11. The summed E-state index contributed by atoms with van der Waals surface area (Å²) in [5.41, 5.74) is 3.11. The molecule has 2 aromatic carbocycles. The van der Waals surface area contributed by atoms with Crippen molar-refractivity contribution in [3.8, 4) is 17.1 Å². The minimum Gasteiger partial charge on any atom is -0.484 e. The Bertz CT molecular complexity index is 856. The second-order valence-electron chi connectivity index (χ2n) is 5.71. The van der Waals surface area contributed by atoms with Crippen molar-refractivity contribution in [2.45, 2.75) is 20.4 Å². The first-order valence-corrected chi connectivity index (χ1v) is 7.96. The number of nitrogens with one attached hydrogen (secondary N) is 1. The summed E-state index contributed by atoms with van der Waals surface area (Å²) >= 11 is 0. The Balaban J connectivity index is 1.51. The molecule has 0 radical (unpaired) electrons. The fourth-order valence-electron chi connectivity index (χ4n) is 2.27. The highest BCUT2D eigenvalue weighted by molar-refractivity contribution is 5.77. The molecule has 6 nitrogen and oxygen atoms in total. The van der Waals surface area contributed by atoms with Crippen LogP contribution in [0.3, 0.4) is 0 Å². The van der Waals surface area contributed by atoms with E-state index in [1.165, 1.54) is 0 Å². The van der Waals surface area contributed by atoms with Crippen molar-refractivity contribution < 1.29 is 14.1 Å². The van der Waals surface area contributed by atoms with Gasteiger partial charge in [-0.2, -0.15) is 4.98 Å². The number of aromatic nitrogens is 2. The van der Waals surface area contributed by atoms with Gasteiger partial charge in [0.05, 0.1) is 6.54 Å². The van der Waals surface area contributed by atoms with Crippen LogP contribution in [0, 0.1) is 13.8 Å². The molecule has 0 aliphatic heterocycles. The molecular formula is C19H19N3O3. The molecule has 1 heterocycles. The Morgan fingerprint density at radius 2 is 1.88 bits per heavy atom. The van der Waals surface area contributed by atoms with E-state index in [0.717, 1.165) is 16.7 Å². The monoisotopic (exact) mass is 337 g/mol. The number of ether oxygens (including phenoxy) is 1. The summed E-state index contributed by atoms with van der Waals surface area (Å²) in [5.74, 6) is 1.26. The summed E-state index contributed by atoms with van der Waals surface area (Å²) in [5, 5.41) is 6.66. The zero-order valence-electron chi connectivity index (χ0n) is 14.2. The van der Waals surface area contributed by atoms with Crippen LogP contribution in [0.25, 0.3) is 11.4 Å². The van der Waals surface area contributed by atoms with E-state index in [0.29, 0.717) is 17.5 Å². The molecule has 1 aromatic heterocycles. The third-order valence-corrected chi connectivity index (χ3v) is 3.68. The van der Waals surface area contributed by atoms with Gasteiger partial charge in [0.2, 0.25) is 11.7 Å². The maximum absolute atomic E-state index is 11.9. The minimum atomic E-state index is -0.254. The number of hydrogen-bond acceptors (Lipinski definition) is 5. The van der Waals surface area contributed by atoms with Crippen molar-refractivity contribution in [1.29, 1.82) is 0 Å². The minimum absolute atomic E-state index is 0.0676. The molecule has 0 atom stereocenters. The first-order chi connectivity index (χ1) is 12.1. The van der Waals surface area contributed by atoms with E-state index in [4.69, 9.17) is 9.26 Å². The fourth-order valence-corrected chi connectivity index (χ4v) is 2.27. The largest absolute Gasteiger partial charge is 0.484 e. The van der Waals surface area contributed by atoms with Crippen LogP contribution in [0.2, 0.25) is 0 Å². The predicted molar refractivity (Wildman–Crippen MR) is 93.0 cm³/mol. The molecule has 1 amide bonds. The molecule has 0 fully saturated rings. The lowest BCUT2D eigenvalue weighted by Gasteiger charge is -2.06. The van der Waals surface area contributed by atoms with Gasteiger partial charge in [0.25, 0.3) is 5.91 Å². The average Bonchev–Trinajstić information content (AvgIpc) is 3.08. The maximum atomic E-state index is 11.9. The third kappa shape index (κ3) is 4.44. The number of hydrogen-bond donors (Lipinski definition) is 1. The van der Waals surface area contributed by atoms with Gasteiger partial charge in [0.15, 0.2) is 6.61 Å². The highest BCUT2D eigenvalue weighted by Crippen LogP contribution is 2.19. The summed E-state index contributed by atoms with van der Waals surface area (Å²) in [6.07, 6.45) is 0. The van der Waals surface area contributed by atoms with Crippen LogP contribution in [-0.4, -0.2) is 22.7 Å². The van der Waals surface area contributed by atoms with Gasteiger partial charge in [-0.15, -0.1) is 0 Å². The number of carbonyl (C=O) groups is 1. The van der Waals surface area contributed by atoms with Crippen LogP contribution in [0.4, 0.5) is 0 Å². The van der Waals surface area contributed by atoms with Crippen LogP contribution in [0.5, 0.6) is 5.75 Å². The Morgan fingerprint density at radius 3 is 2.64 bits per heavy atom. The van der Waals surface area contributed by atoms with E-state index in [9.17, 15) is 4.79 Å². The van der Waals surface area contributed by atoms with Crippen molar-refractivity contribution in [3.05, 3.63) is 65.5 Å². The predicted octanol–water partition coefficient (Wildman–Crippen LogP) is 3.05. The molecular weight excluding hydrogens is 318 g/mol. The summed E-state index contributed by atoms with van der Waals surface area (Å²) in [6.45, 7) is 4.07. The van der Waals surface area contributed by atoms with E-state index >= 15 is 0 Å². The van der Waals surface area contributed by atoms with Gasteiger partial charge in [-0.05, 0) is 31.5 Å². The van der Waals surface area contributed by atoms with Gasteiger partial charge < -0.3 is 14.6 Å². The third-order valence-electron chi connectivity index (χ3n) is 3.68. The van der Waals surface area contributed by atoms with E-state index in [-0.39, 0.29) is 19.1 Å². The van der Waals surface area contributed by atoms with Crippen LogP contribution in [0.1, 0.15) is 17.0 Å². The van der Waals surface area contributed by atoms with Gasteiger partial charge in [-0.25, -0.2) is 0 Å². The standard InChI is InChI=1S/C19H19N3O3/c1-13-7-9-15(10-8-13)24-12-17(23)20-11-18-21-19(22-25-18)16-6-4-3-5-14(16)2/h3-10H,11-12H2,1-2H3,(H,20,23).